The van der Waals surface area contributed by atoms with Gasteiger partial charge in [0.2, 0.25) is 17.6 Å². The Morgan fingerprint density at radius 2 is 1.80 bits per heavy atom. The summed E-state index contributed by atoms with van der Waals surface area (Å²) in [7, 11) is 0. The summed E-state index contributed by atoms with van der Waals surface area (Å²) in [6, 6.07) is 5.90. The van der Waals surface area contributed by atoms with Crippen molar-refractivity contribution in [2.24, 2.45) is 10.6 Å². The molecule has 0 aromatic heterocycles. The van der Waals surface area contributed by atoms with Crippen LogP contribution >= 0.6 is 0 Å². The second kappa shape index (κ2) is 15.6. The fraction of sp³-hybridized carbons (Fsp3) is 0.629. The molecule has 272 valence electrons. The maximum absolute atomic E-state index is 14.4. The van der Waals surface area contributed by atoms with Crippen LogP contribution in [0, 0.1) is 5.41 Å². The first-order chi connectivity index (χ1) is 23.8. The number of alkyl carbamates (subject to hydrolysis) is 1. The molecule has 3 aliphatic heterocycles. The average molecular weight is 697 g/mol. The van der Waals surface area contributed by atoms with Crippen molar-refractivity contribution in [1.82, 2.24) is 26.2 Å². The Morgan fingerprint density at radius 1 is 1.06 bits per heavy atom. The predicted molar refractivity (Wildman–Crippen MR) is 179 cm³/mol. The van der Waals surface area contributed by atoms with Crippen LogP contribution in [0.2, 0.25) is 0 Å². The molecule has 1 saturated carbocycles. The van der Waals surface area contributed by atoms with Crippen LogP contribution in [0.15, 0.2) is 35.5 Å². The highest BCUT2D eigenvalue weighted by molar-refractivity contribution is 6.39. The predicted octanol–water partition coefficient (Wildman–Crippen LogP) is 1.48. The Morgan fingerprint density at radius 3 is 2.44 bits per heavy atom. The van der Waals surface area contributed by atoms with Gasteiger partial charge in [0.25, 0.3) is 11.8 Å². The van der Waals surface area contributed by atoms with Crippen LogP contribution in [0.5, 0.6) is 0 Å². The zero-order valence-electron chi connectivity index (χ0n) is 29.1. The zero-order valence-corrected chi connectivity index (χ0v) is 29.1. The first kappa shape index (κ1) is 36.7. The van der Waals surface area contributed by atoms with E-state index in [1.807, 2.05) is 37.3 Å². The number of ketones is 1. The fourth-order valence-corrected chi connectivity index (χ4v) is 6.32. The number of nitrogens with zero attached hydrogens (tertiary/aromatic N) is 2. The van der Waals surface area contributed by atoms with Gasteiger partial charge < -0.3 is 40.5 Å². The van der Waals surface area contributed by atoms with Crippen molar-refractivity contribution < 1.29 is 43.1 Å². The molecule has 3 fully saturated rings. The largest absolute Gasteiger partial charge is 0.444 e. The topological polar surface area (TPSA) is 194 Å². The third-order valence-corrected chi connectivity index (χ3v) is 9.27. The quantitative estimate of drug-likeness (QED) is 0.221. The van der Waals surface area contributed by atoms with E-state index in [1.54, 1.807) is 20.8 Å². The lowest BCUT2D eigenvalue weighted by Crippen LogP contribution is -2.59. The summed E-state index contributed by atoms with van der Waals surface area (Å²) in [4.78, 5) is 87.5. The summed E-state index contributed by atoms with van der Waals surface area (Å²) >= 11 is 0. The minimum Gasteiger partial charge on any atom is -0.444 e. The fourth-order valence-electron chi connectivity index (χ4n) is 6.32. The molecule has 5 amide bonds. The van der Waals surface area contributed by atoms with Gasteiger partial charge in [-0.3, -0.25) is 24.0 Å². The molecule has 5 atom stereocenters. The molecular weight excluding hydrogens is 648 g/mol. The van der Waals surface area contributed by atoms with Crippen LogP contribution in [0.4, 0.5) is 4.79 Å². The zero-order chi connectivity index (χ0) is 36.1. The van der Waals surface area contributed by atoms with Gasteiger partial charge in [0, 0.05) is 31.8 Å². The van der Waals surface area contributed by atoms with Gasteiger partial charge in [-0.05, 0) is 30.2 Å². The number of amides is 5. The molecule has 15 heteroatoms. The van der Waals surface area contributed by atoms with Crippen molar-refractivity contribution in [3.8, 4) is 0 Å². The highest BCUT2D eigenvalue weighted by Crippen LogP contribution is 2.39. The first-order valence-electron chi connectivity index (χ1n) is 17.4. The Hall–Kier alpha value is -4.53. The van der Waals surface area contributed by atoms with Crippen molar-refractivity contribution in [3.63, 3.8) is 0 Å². The number of ether oxygens (including phenoxy) is 2. The van der Waals surface area contributed by atoms with Gasteiger partial charge in [0.05, 0.1) is 25.8 Å². The number of carbonyl (C=O) groups is 6. The van der Waals surface area contributed by atoms with E-state index < -0.39 is 70.8 Å². The van der Waals surface area contributed by atoms with Crippen LogP contribution in [0.1, 0.15) is 78.2 Å². The van der Waals surface area contributed by atoms with Crippen molar-refractivity contribution in [3.05, 3.63) is 35.9 Å². The summed E-state index contributed by atoms with van der Waals surface area (Å²) in [6.45, 7) is 8.01. The monoisotopic (exact) mass is 696 g/mol. The molecule has 1 aliphatic carbocycles. The maximum Gasteiger partial charge on any atom is 0.408 e. The van der Waals surface area contributed by atoms with Crippen molar-refractivity contribution in [1.29, 1.82) is 0 Å². The number of carbonyl (C=O) groups excluding carboxylic acids is 6. The summed E-state index contributed by atoms with van der Waals surface area (Å²) in [5.74, 6) is -3.21. The molecule has 4 N–H and O–H groups in total. The normalized spacial score (nSPS) is 24.1. The summed E-state index contributed by atoms with van der Waals surface area (Å²) in [5, 5.41) is 15.0. The lowest BCUT2D eigenvalue weighted by Gasteiger charge is -2.35. The number of nitrogens with one attached hydrogen (secondary N) is 4. The van der Waals surface area contributed by atoms with Gasteiger partial charge >= 0.3 is 6.09 Å². The number of oxime groups is 1. The lowest BCUT2D eigenvalue weighted by atomic mass is 9.85. The number of Topliss-reactive ketones (excluding diaryl/α,β-unsaturated/α-hetero) is 1. The van der Waals surface area contributed by atoms with Crippen molar-refractivity contribution >= 4 is 41.2 Å². The lowest BCUT2D eigenvalue weighted by molar-refractivity contribution is -0.144. The number of benzene rings is 1. The molecule has 1 aromatic rings. The molecule has 15 nitrogen and oxygen atoms in total. The first-order valence-corrected chi connectivity index (χ1v) is 17.4. The molecular formula is C35H48N6O9. The standard InChI is InChI=1S/C35H48N6O9/c1-5-9-24(27(42)31(45)37-22-12-13-22)38-30(44)26-17-35(16-25(40-50-35)29(43)36-18-21-10-7-6-8-11-21)20-41(26)32(46)28(34(2,3)4)39-33(47)49-23-14-15-48-19-23/h6-8,10-11,22-24,26,28H,5,9,12-20H2,1-4H3,(H,36,43)(H,37,45)(H,38,44)(H,39,47)/t23-,24-,26-,28+,35+/m0/s1. The highest BCUT2D eigenvalue weighted by atomic mass is 16.7. The molecule has 5 rings (SSSR count). The second-order valence-corrected chi connectivity index (χ2v) is 14.6. The van der Waals surface area contributed by atoms with Gasteiger partial charge in [-0.2, -0.15) is 0 Å². The van der Waals surface area contributed by atoms with E-state index in [9.17, 15) is 28.8 Å². The van der Waals surface area contributed by atoms with Gasteiger partial charge in [-0.25, -0.2) is 4.79 Å². The third-order valence-electron chi connectivity index (χ3n) is 9.27. The van der Waals surface area contributed by atoms with Gasteiger partial charge in [-0.1, -0.05) is 69.6 Å². The Bertz CT molecular complexity index is 1480. The van der Waals surface area contributed by atoms with Crippen molar-refractivity contribution in [2.75, 3.05) is 19.8 Å². The van der Waals surface area contributed by atoms with E-state index in [4.69, 9.17) is 14.3 Å². The summed E-state index contributed by atoms with van der Waals surface area (Å²) < 4.78 is 10.8. The molecule has 0 unspecified atom stereocenters. The third kappa shape index (κ3) is 9.17. The maximum atomic E-state index is 14.4. The number of hydrogen-bond acceptors (Lipinski definition) is 10. The second-order valence-electron chi connectivity index (χ2n) is 14.6. The van der Waals surface area contributed by atoms with E-state index in [-0.39, 0.29) is 50.7 Å². The minimum absolute atomic E-state index is 0.0135. The average Bonchev–Trinajstić information content (AvgIpc) is 3.43. The van der Waals surface area contributed by atoms with Crippen LogP contribution < -0.4 is 21.3 Å². The van der Waals surface area contributed by atoms with Crippen LogP contribution in [-0.2, 0) is 44.8 Å². The molecule has 1 aromatic carbocycles. The number of hydrogen-bond donors (Lipinski definition) is 4. The minimum atomic E-state index is -1.23. The smallest absolute Gasteiger partial charge is 0.408 e. The molecule has 3 heterocycles. The van der Waals surface area contributed by atoms with Crippen LogP contribution in [0.3, 0.4) is 0 Å². The Kier molecular flexibility index (Phi) is 11.4. The molecule has 50 heavy (non-hydrogen) atoms. The number of likely N-dealkylation sites (tertiary alicyclic amines) is 1. The molecule has 2 saturated heterocycles. The van der Waals surface area contributed by atoms with E-state index in [1.165, 1.54) is 4.90 Å². The Balaban J connectivity index is 1.34. The van der Waals surface area contributed by atoms with Gasteiger partial charge in [0.15, 0.2) is 5.60 Å². The summed E-state index contributed by atoms with van der Waals surface area (Å²) in [5.41, 5.74) is -1.05. The SMILES string of the molecule is CCC[C@H](NC(=O)[C@@H]1C[C@]2(CC(C(=O)NCc3ccccc3)=NO2)CN1C(=O)[C@@H](NC(=O)O[C@H]1CCOC1)C(C)(C)C)C(=O)C(=O)NC1CC1. The number of rotatable bonds is 13. The summed E-state index contributed by atoms with van der Waals surface area (Å²) in [6.07, 6.45) is 1.57. The highest BCUT2D eigenvalue weighted by Gasteiger charge is 2.56. The van der Waals surface area contributed by atoms with E-state index in [2.05, 4.69) is 26.4 Å². The molecule has 1 spiro atoms. The molecule has 0 bridgehead atoms. The van der Waals surface area contributed by atoms with E-state index in [0.717, 1.165) is 18.4 Å². The Labute approximate surface area is 291 Å². The van der Waals surface area contributed by atoms with Crippen molar-refractivity contribution in [2.45, 2.75) is 115 Å². The molecule has 0 radical (unpaired) electrons. The van der Waals surface area contributed by atoms with E-state index >= 15 is 0 Å². The molecule has 4 aliphatic rings. The van der Waals surface area contributed by atoms with Gasteiger partial charge in [0.1, 0.15) is 23.9 Å². The van der Waals surface area contributed by atoms with E-state index in [0.29, 0.717) is 19.4 Å². The van der Waals surface area contributed by atoms with Gasteiger partial charge in [-0.15, -0.1) is 0 Å². The van der Waals surface area contributed by atoms with Crippen LogP contribution in [0.25, 0.3) is 0 Å². The van der Waals surface area contributed by atoms with Crippen LogP contribution in [-0.4, -0.2) is 102 Å².